The van der Waals surface area contributed by atoms with Gasteiger partial charge in [-0.2, -0.15) is 0 Å². The number of imide groups is 1. The molecule has 1 saturated heterocycles. The van der Waals surface area contributed by atoms with Crippen molar-refractivity contribution in [3.8, 4) is 0 Å². The average molecular weight is 249 g/mol. The lowest BCUT2D eigenvalue weighted by atomic mass is 10.3. The van der Waals surface area contributed by atoms with Gasteiger partial charge in [0.05, 0.1) is 0 Å². The second-order valence-electron chi connectivity index (χ2n) is 2.66. The third-order valence-corrected chi connectivity index (χ3v) is 2.01. The Morgan fingerprint density at radius 3 is 2.38 bits per heavy atom. The van der Waals surface area contributed by atoms with Gasteiger partial charge >= 0.3 is 0 Å². The van der Waals surface area contributed by atoms with Crippen molar-refractivity contribution in [1.82, 2.24) is 10.2 Å². The molecular weight excluding hydrogens is 240 g/mol. The van der Waals surface area contributed by atoms with Crippen molar-refractivity contribution in [2.24, 2.45) is 0 Å². The molecule has 0 bridgehead atoms. The Kier molecular flexibility index (Phi) is 3.41. The molecule has 3 amide bonds. The summed E-state index contributed by atoms with van der Waals surface area (Å²) in [5.41, 5.74) is 0. The van der Waals surface area contributed by atoms with Crippen molar-refractivity contribution >= 4 is 33.7 Å². The predicted molar refractivity (Wildman–Crippen MR) is 48.1 cm³/mol. The second kappa shape index (κ2) is 4.36. The lowest BCUT2D eigenvalue weighted by Crippen LogP contribution is -2.53. The van der Waals surface area contributed by atoms with Crippen LogP contribution in [-0.2, 0) is 14.4 Å². The minimum atomic E-state index is -0.417. The molecule has 13 heavy (non-hydrogen) atoms. The molecule has 0 aliphatic carbocycles. The fraction of sp³-hybridized carbons (Fsp3) is 0.571. The number of rotatable bonds is 2. The zero-order valence-electron chi connectivity index (χ0n) is 6.88. The molecule has 1 N–H and O–H groups in total. The van der Waals surface area contributed by atoms with Crippen LogP contribution in [0.2, 0.25) is 0 Å². The maximum atomic E-state index is 11.3. The summed E-state index contributed by atoms with van der Waals surface area (Å²) in [4.78, 5) is 34.2. The predicted octanol–water partition coefficient (Wildman–Crippen LogP) is -0.744. The Balaban J connectivity index is 2.54. The molecule has 0 saturated carbocycles. The fourth-order valence-corrected chi connectivity index (χ4v) is 1.39. The molecular formula is C7H9BrN2O3. The highest BCUT2D eigenvalue weighted by Crippen LogP contribution is 2.00. The number of amides is 3. The number of nitrogens with zero attached hydrogens (tertiary/aromatic N) is 1. The molecule has 1 aliphatic rings. The standard InChI is InChI=1S/C7H9BrN2O3/c8-2-1-7(13)10-3-5(11)9-6(12)4-10/h1-4H2,(H,9,11,12). The highest BCUT2D eigenvalue weighted by Gasteiger charge is 2.25. The molecule has 0 radical (unpaired) electrons. The van der Waals surface area contributed by atoms with Crippen molar-refractivity contribution < 1.29 is 14.4 Å². The van der Waals surface area contributed by atoms with Crippen molar-refractivity contribution in [1.29, 1.82) is 0 Å². The maximum absolute atomic E-state index is 11.3. The largest absolute Gasteiger partial charge is 0.324 e. The number of nitrogens with one attached hydrogen (secondary N) is 1. The van der Waals surface area contributed by atoms with E-state index >= 15 is 0 Å². The molecule has 0 spiro atoms. The van der Waals surface area contributed by atoms with Gasteiger partial charge in [-0.3, -0.25) is 19.7 Å². The van der Waals surface area contributed by atoms with Gasteiger partial charge in [0.15, 0.2) is 0 Å². The minimum absolute atomic E-state index is 0.0163. The van der Waals surface area contributed by atoms with E-state index in [1.807, 2.05) is 0 Å². The van der Waals surface area contributed by atoms with Crippen LogP contribution in [0.3, 0.4) is 0 Å². The molecule has 0 aromatic rings. The average Bonchev–Trinajstić information content (AvgIpc) is 2.03. The van der Waals surface area contributed by atoms with E-state index in [9.17, 15) is 14.4 Å². The summed E-state index contributed by atoms with van der Waals surface area (Å²) in [6.07, 6.45) is 0.306. The van der Waals surface area contributed by atoms with Gasteiger partial charge in [0.1, 0.15) is 13.1 Å². The van der Waals surface area contributed by atoms with E-state index in [1.54, 1.807) is 0 Å². The fourth-order valence-electron chi connectivity index (χ4n) is 1.05. The van der Waals surface area contributed by atoms with Gasteiger partial charge in [0.25, 0.3) is 0 Å². The second-order valence-corrected chi connectivity index (χ2v) is 3.45. The molecule has 1 fully saturated rings. The van der Waals surface area contributed by atoms with Crippen LogP contribution < -0.4 is 5.32 Å². The molecule has 0 aromatic heterocycles. The Bertz CT molecular complexity index is 238. The van der Waals surface area contributed by atoms with Crippen LogP contribution in [0.15, 0.2) is 0 Å². The monoisotopic (exact) mass is 248 g/mol. The van der Waals surface area contributed by atoms with Crippen LogP contribution >= 0.6 is 15.9 Å². The molecule has 1 rings (SSSR count). The number of hydrogen-bond acceptors (Lipinski definition) is 3. The Hall–Kier alpha value is -0.910. The van der Waals surface area contributed by atoms with Gasteiger partial charge in [-0.1, -0.05) is 15.9 Å². The topological polar surface area (TPSA) is 66.5 Å². The maximum Gasteiger partial charge on any atom is 0.246 e. The summed E-state index contributed by atoms with van der Waals surface area (Å²) in [6.45, 7) is -0.0326. The summed E-state index contributed by atoms with van der Waals surface area (Å²) in [5, 5.41) is 2.66. The quantitative estimate of drug-likeness (QED) is 0.517. The molecule has 72 valence electrons. The van der Waals surface area contributed by atoms with E-state index in [0.29, 0.717) is 11.8 Å². The number of hydrogen-bond donors (Lipinski definition) is 1. The highest BCUT2D eigenvalue weighted by molar-refractivity contribution is 9.09. The van der Waals surface area contributed by atoms with Gasteiger partial charge in [-0.25, -0.2) is 0 Å². The van der Waals surface area contributed by atoms with E-state index in [0.717, 1.165) is 0 Å². The van der Waals surface area contributed by atoms with Crippen LogP contribution in [0.5, 0.6) is 0 Å². The summed E-state index contributed by atoms with van der Waals surface area (Å²) >= 11 is 3.11. The smallest absolute Gasteiger partial charge is 0.246 e. The number of halogens is 1. The normalized spacial score (nSPS) is 17.2. The zero-order valence-corrected chi connectivity index (χ0v) is 8.46. The summed E-state index contributed by atoms with van der Waals surface area (Å²) in [6, 6.07) is 0. The van der Waals surface area contributed by atoms with Gasteiger partial charge in [-0.05, 0) is 0 Å². The minimum Gasteiger partial charge on any atom is -0.324 e. The first-order valence-corrected chi connectivity index (χ1v) is 4.92. The molecule has 0 aromatic carbocycles. The molecule has 6 heteroatoms. The van der Waals surface area contributed by atoms with Crippen LogP contribution in [0.1, 0.15) is 6.42 Å². The third-order valence-electron chi connectivity index (χ3n) is 1.61. The van der Waals surface area contributed by atoms with Crippen LogP contribution in [0.4, 0.5) is 0 Å². The summed E-state index contributed by atoms with van der Waals surface area (Å²) in [7, 11) is 0. The third kappa shape index (κ3) is 2.80. The lowest BCUT2D eigenvalue weighted by Gasteiger charge is -2.25. The SMILES string of the molecule is O=C1CN(C(=O)CCBr)CC(=O)N1. The van der Waals surface area contributed by atoms with E-state index in [1.165, 1.54) is 4.90 Å². The Morgan fingerprint density at radius 2 is 1.92 bits per heavy atom. The number of carbonyl (C=O) groups excluding carboxylic acids is 3. The van der Waals surface area contributed by atoms with E-state index in [-0.39, 0.29) is 19.0 Å². The highest BCUT2D eigenvalue weighted by atomic mass is 79.9. The first kappa shape index (κ1) is 10.2. The van der Waals surface area contributed by atoms with Crippen molar-refractivity contribution in [3.63, 3.8) is 0 Å². The van der Waals surface area contributed by atoms with Gasteiger partial charge in [0, 0.05) is 11.8 Å². The van der Waals surface area contributed by atoms with Crippen molar-refractivity contribution in [3.05, 3.63) is 0 Å². The zero-order chi connectivity index (χ0) is 9.84. The first-order chi connectivity index (χ1) is 6.13. The van der Waals surface area contributed by atoms with Gasteiger partial charge in [-0.15, -0.1) is 0 Å². The molecule has 5 nitrogen and oxygen atoms in total. The van der Waals surface area contributed by atoms with E-state index < -0.39 is 11.8 Å². The van der Waals surface area contributed by atoms with E-state index in [2.05, 4.69) is 21.2 Å². The van der Waals surface area contributed by atoms with E-state index in [4.69, 9.17) is 0 Å². The van der Waals surface area contributed by atoms with Crippen LogP contribution in [-0.4, -0.2) is 41.0 Å². The number of alkyl halides is 1. The summed E-state index contributed by atoms with van der Waals surface area (Å²) in [5.74, 6) is -1.02. The van der Waals surface area contributed by atoms with Crippen LogP contribution in [0.25, 0.3) is 0 Å². The molecule has 0 unspecified atom stereocenters. The lowest BCUT2D eigenvalue weighted by molar-refractivity contribution is -0.145. The van der Waals surface area contributed by atoms with Gasteiger partial charge < -0.3 is 4.90 Å². The molecule has 0 atom stereocenters. The van der Waals surface area contributed by atoms with Crippen molar-refractivity contribution in [2.45, 2.75) is 6.42 Å². The van der Waals surface area contributed by atoms with Crippen LogP contribution in [0, 0.1) is 0 Å². The Morgan fingerprint density at radius 1 is 1.38 bits per heavy atom. The number of carbonyl (C=O) groups is 3. The first-order valence-electron chi connectivity index (χ1n) is 3.80. The van der Waals surface area contributed by atoms with Crippen molar-refractivity contribution in [2.75, 3.05) is 18.4 Å². The number of piperazine rings is 1. The molecule has 1 aliphatic heterocycles. The summed E-state index contributed by atoms with van der Waals surface area (Å²) < 4.78 is 0. The Labute approximate surface area is 83.6 Å². The molecule has 1 heterocycles. The van der Waals surface area contributed by atoms with Gasteiger partial charge in [0.2, 0.25) is 17.7 Å².